The summed E-state index contributed by atoms with van der Waals surface area (Å²) in [5, 5.41) is 0. The Morgan fingerprint density at radius 2 is 1.35 bits per heavy atom. The van der Waals surface area contributed by atoms with Crippen LogP contribution in [0.2, 0.25) is 0 Å². The highest BCUT2D eigenvalue weighted by atomic mass is 32.2. The molecule has 0 bridgehead atoms. The molecule has 2 rings (SSSR count). The van der Waals surface area contributed by atoms with Crippen molar-refractivity contribution in [1.29, 1.82) is 0 Å². The van der Waals surface area contributed by atoms with E-state index in [1.54, 1.807) is 30.3 Å². The molecule has 0 unspecified atom stereocenters. The van der Waals surface area contributed by atoms with Crippen LogP contribution in [0.25, 0.3) is 0 Å². The first-order valence-electron chi connectivity index (χ1n) is 5.68. The van der Waals surface area contributed by atoms with Gasteiger partial charge in [0.2, 0.25) is 19.9 Å². The molecule has 0 saturated heterocycles. The Labute approximate surface area is 118 Å². The van der Waals surface area contributed by atoms with E-state index in [1.807, 2.05) is 0 Å². The monoisotopic (exact) mass is 311 g/mol. The topological polar surface area (TPSA) is 80.3 Å². The maximum atomic E-state index is 12.5. The van der Waals surface area contributed by atoms with Gasteiger partial charge >= 0.3 is 0 Å². The van der Waals surface area contributed by atoms with Crippen molar-refractivity contribution in [3.8, 4) is 0 Å². The Morgan fingerprint density at radius 1 is 0.800 bits per heavy atom. The second-order valence-electron chi connectivity index (χ2n) is 4.19. The minimum atomic E-state index is -3.77. The summed E-state index contributed by atoms with van der Waals surface area (Å²) < 4.78 is 49.9. The molecular formula is C13H13NO4S2. The van der Waals surface area contributed by atoms with Crippen LogP contribution in [0.15, 0.2) is 64.4 Å². The van der Waals surface area contributed by atoms with Crippen LogP contribution in [0, 0.1) is 0 Å². The molecule has 2 aromatic carbocycles. The molecule has 0 heterocycles. The minimum absolute atomic E-state index is 0.0406. The molecule has 2 aromatic rings. The van der Waals surface area contributed by atoms with Crippen LogP contribution in [0.1, 0.15) is 0 Å². The van der Waals surface area contributed by atoms with Gasteiger partial charge in [-0.3, -0.25) is 4.72 Å². The maximum Gasteiger partial charge on any atom is 0.229 e. The van der Waals surface area contributed by atoms with Gasteiger partial charge in [-0.25, -0.2) is 16.8 Å². The largest absolute Gasteiger partial charge is 0.282 e. The lowest BCUT2D eigenvalue weighted by Gasteiger charge is -2.11. The van der Waals surface area contributed by atoms with Crippen LogP contribution >= 0.6 is 0 Å². The van der Waals surface area contributed by atoms with E-state index >= 15 is 0 Å². The number of benzene rings is 2. The Bertz CT molecular complexity index is 812. The standard InChI is InChI=1S/C13H13NO4S2/c1-19(15,16)14-12-9-5-6-10-13(12)20(17,18)11-7-3-2-4-8-11/h2-10,14H,1H3. The Hall–Kier alpha value is -1.86. The number of rotatable bonds is 4. The second kappa shape index (κ2) is 5.26. The molecule has 20 heavy (non-hydrogen) atoms. The van der Waals surface area contributed by atoms with E-state index in [2.05, 4.69) is 4.72 Å². The summed E-state index contributed by atoms with van der Waals surface area (Å²) >= 11 is 0. The number of hydrogen-bond acceptors (Lipinski definition) is 4. The van der Waals surface area contributed by atoms with E-state index in [0.717, 1.165) is 6.26 Å². The fourth-order valence-electron chi connectivity index (χ4n) is 1.71. The van der Waals surface area contributed by atoms with Crippen LogP contribution in [-0.2, 0) is 19.9 Å². The number of anilines is 1. The molecule has 0 atom stereocenters. The van der Waals surface area contributed by atoms with Crippen LogP contribution in [0.3, 0.4) is 0 Å². The Morgan fingerprint density at radius 3 is 1.95 bits per heavy atom. The van der Waals surface area contributed by atoms with E-state index in [4.69, 9.17) is 0 Å². The third-order valence-corrected chi connectivity index (χ3v) is 4.94. The predicted octanol–water partition coefficient (Wildman–Crippen LogP) is 1.89. The number of sulfonamides is 1. The highest BCUT2D eigenvalue weighted by Crippen LogP contribution is 2.27. The molecule has 106 valence electrons. The third kappa shape index (κ3) is 3.17. The summed E-state index contributed by atoms with van der Waals surface area (Å²) in [6.07, 6.45) is 0.971. The molecule has 0 aromatic heterocycles. The van der Waals surface area contributed by atoms with Gasteiger partial charge in [-0.1, -0.05) is 30.3 Å². The van der Waals surface area contributed by atoms with Gasteiger partial charge in [0, 0.05) is 0 Å². The predicted molar refractivity (Wildman–Crippen MR) is 76.8 cm³/mol. The van der Waals surface area contributed by atoms with Crippen LogP contribution in [0.4, 0.5) is 5.69 Å². The van der Waals surface area contributed by atoms with Crippen molar-refractivity contribution in [1.82, 2.24) is 0 Å². The molecule has 0 fully saturated rings. The fraction of sp³-hybridized carbons (Fsp3) is 0.0769. The summed E-state index contributed by atoms with van der Waals surface area (Å²) in [5.74, 6) is 0. The number of sulfone groups is 1. The van der Waals surface area contributed by atoms with Crippen LogP contribution in [0.5, 0.6) is 0 Å². The Kier molecular flexibility index (Phi) is 3.82. The lowest BCUT2D eigenvalue weighted by Crippen LogP contribution is -2.13. The SMILES string of the molecule is CS(=O)(=O)Nc1ccccc1S(=O)(=O)c1ccccc1. The smallest absolute Gasteiger partial charge is 0.229 e. The normalized spacial score (nSPS) is 12.1. The zero-order valence-corrected chi connectivity index (χ0v) is 12.3. The van der Waals surface area contributed by atoms with Crippen molar-refractivity contribution in [3.05, 3.63) is 54.6 Å². The van der Waals surface area contributed by atoms with Gasteiger partial charge in [0.15, 0.2) is 0 Å². The van der Waals surface area contributed by atoms with Gasteiger partial charge in [0.1, 0.15) is 0 Å². The third-order valence-electron chi connectivity index (χ3n) is 2.53. The molecule has 7 heteroatoms. The van der Waals surface area contributed by atoms with E-state index < -0.39 is 19.9 Å². The van der Waals surface area contributed by atoms with Crippen molar-refractivity contribution in [2.24, 2.45) is 0 Å². The highest BCUT2D eigenvalue weighted by molar-refractivity contribution is 7.93. The van der Waals surface area contributed by atoms with Gasteiger partial charge < -0.3 is 0 Å². The second-order valence-corrected chi connectivity index (χ2v) is 7.85. The fourth-order valence-corrected chi connectivity index (χ4v) is 3.79. The summed E-state index contributed by atoms with van der Waals surface area (Å²) in [7, 11) is -7.33. The van der Waals surface area contributed by atoms with Crippen molar-refractivity contribution in [3.63, 3.8) is 0 Å². The van der Waals surface area contributed by atoms with Gasteiger partial charge in [-0.15, -0.1) is 0 Å². The average Bonchev–Trinajstić information content (AvgIpc) is 2.38. The number of hydrogen-bond donors (Lipinski definition) is 1. The van der Waals surface area contributed by atoms with Gasteiger partial charge in [-0.05, 0) is 24.3 Å². The van der Waals surface area contributed by atoms with E-state index in [1.165, 1.54) is 24.3 Å². The molecule has 0 radical (unpaired) electrons. The molecule has 1 N–H and O–H groups in total. The van der Waals surface area contributed by atoms with E-state index in [-0.39, 0.29) is 15.5 Å². The van der Waals surface area contributed by atoms with Crippen molar-refractivity contribution >= 4 is 25.5 Å². The molecule has 0 amide bonds. The summed E-state index contributed by atoms with van der Waals surface area (Å²) in [5.41, 5.74) is 0.0406. The van der Waals surface area contributed by atoms with Crippen molar-refractivity contribution < 1.29 is 16.8 Å². The van der Waals surface area contributed by atoms with E-state index in [0.29, 0.717) is 0 Å². The summed E-state index contributed by atoms with van der Waals surface area (Å²) in [4.78, 5) is 0.0411. The first-order valence-corrected chi connectivity index (χ1v) is 9.05. The quantitative estimate of drug-likeness (QED) is 0.935. The molecule has 0 aliphatic rings. The van der Waals surface area contributed by atoms with Crippen molar-refractivity contribution in [2.75, 3.05) is 11.0 Å². The highest BCUT2D eigenvalue weighted by Gasteiger charge is 2.21. The lowest BCUT2D eigenvalue weighted by atomic mass is 10.3. The summed E-state index contributed by atoms with van der Waals surface area (Å²) in [6, 6.07) is 13.8. The van der Waals surface area contributed by atoms with Gasteiger partial charge in [0.25, 0.3) is 0 Å². The zero-order valence-electron chi connectivity index (χ0n) is 10.6. The van der Waals surface area contributed by atoms with Crippen LogP contribution < -0.4 is 4.72 Å². The maximum absolute atomic E-state index is 12.5. The molecule has 0 spiro atoms. The van der Waals surface area contributed by atoms with Gasteiger partial charge in [-0.2, -0.15) is 0 Å². The first kappa shape index (κ1) is 14.5. The Balaban J connectivity index is 2.59. The molecule has 0 aliphatic heterocycles. The molecule has 0 aliphatic carbocycles. The molecule has 5 nitrogen and oxygen atoms in total. The zero-order chi connectivity index (χ0) is 14.8. The first-order chi connectivity index (χ1) is 9.31. The number of para-hydroxylation sites is 1. The van der Waals surface area contributed by atoms with Gasteiger partial charge in [0.05, 0.1) is 21.7 Å². The molecular weight excluding hydrogens is 298 g/mol. The van der Waals surface area contributed by atoms with Crippen LogP contribution in [-0.4, -0.2) is 23.1 Å². The van der Waals surface area contributed by atoms with Crippen molar-refractivity contribution in [2.45, 2.75) is 9.79 Å². The molecule has 0 saturated carbocycles. The minimum Gasteiger partial charge on any atom is -0.282 e. The average molecular weight is 311 g/mol. The summed E-state index contributed by atoms with van der Waals surface area (Å²) in [6.45, 7) is 0. The van der Waals surface area contributed by atoms with E-state index in [9.17, 15) is 16.8 Å². The number of nitrogens with one attached hydrogen (secondary N) is 1. The lowest BCUT2D eigenvalue weighted by molar-refractivity contribution is 0.596.